The van der Waals surface area contributed by atoms with Crippen LogP contribution in [0.4, 0.5) is 5.69 Å². The minimum absolute atomic E-state index is 0.629. The Kier molecular flexibility index (Phi) is 4.89. The van der Waals surface area contributed by atoms with E-state index in [1.54, 1.807) is 19.1 Å². The summed E-state index contributed by atoms with van der Waals surface area (Å²) >= 11 is 0. The van der Waals surface area contributed by atoms with E-state index in [1.165, 1.54) is 0 Å². The van der Waals surface area contributed by atoms with Crippen molar-refractivity contribution in [3.05, 3.63) is 47.1 Å². The zero-order chi connectivity index (χ0) is 13.5. The number of hydrogen-bond acceptors (Lipinski definition) is 3. The highest BCUT2D eigenvalue weighted by Crippen LogP contribution is 2.18. The molecule has 0 aliphatic rings. The Morgan fingerprint density at radius 1 is 1.33 bits per heavy atom. The Hall–Kier alpha value is -2.34. The van der Waals surface area contributed by atoms with Gasteiger partial charge in [-0.25, -0.2) is 0 Å². The molecule has 92 valence electrons. The summed E-state index contributed by atoms with van der Waals surface area (Å²) in [6.07, 6.45) is 6.15. The van der Waals surface area contributed by atoms with E-state index in [0.29, 0.717) is 11.1 Å². The lowest BCUT2D eigenvalue weighted by Crippen LogP contribution is -2.09. The summed E-state index contributed by atoms with van der Waals surface area (Å²) < 4.78 is 0. The molecule has 0 atom stereocenters. The first-order valence-electron chi connectivity index (χ1n) is 5.60. The van der Waals surface area contributed by atoms with Crippen LogP contribution < -0.4 is 4.90 Å². The van der Waals surface area contributed by atoms with Gasteiger partial charge in [0.25, 0.3) is 0 Å². The van der Waals surface area contributed by atoms with Gasteiger partial charge in [-0.15, -0.1) is 0 Å². The van der Waals surface area contributed by atoms with Gasteiger partial charge >= 0.3 is 0 Å². The number of benzene rings is 1. The fourth-order valence-corrected chi connectivity index (χ4v) is 1.43. The molecule has 0 aliphatic carbocycles. The Morgan fingerprint density at radius 3 is 2.61 bits per heavy atom. The molecule has 1 aromatic rings. The van der Waals surface area contributed by atoms with Crippen LogP contribution in [0.2, 0.25) is 0 Å². The van der Waals surface area contributed by atoms with Gasteiger partial charge in [0.2, 0.25) is 0 Å². The molecule has 18 heavy (non-hydrogen) atoms. The summed E-state index contributed by atoms with van der Waals surface area (Å²) in [5, 5.41) is 8.62. The average molecular weight is 240 g/mol. The van der Waals surface area contributed by atoms with Crippen LogP contribution in [0.1, 0.15) is 22.8 Å². The van der Waals surface area contributed by atoms with Crippen LogP contribution in [-0.4, -0.2) is 20.4 Å². The average Bonchev–Trinajstić information content (AvgIpc) is 2.38. The van der Waals surface area contributed by atoms with Gasteiger partial charge in [-0.3, -0.25) is 4.79 Å². The third-order valence-electron chi connectivity index (χ3n) is 2.51. The van der Waals surface area contributed by atoms with Crippen LogP contribution in [0.3, 0.4) is 0 Å². The van der Waals surface area contributed by atoms with Crippen LogP contribution in [0.25, 0.3) is 6.08 Å². The Labute approximate surface area is 108 Å². The molecular weight excluding hydrogens is 224 g/mol. The van der Waals surface area contributed by atoms with Gasteiger partial charge in [-0.2, -0.15) is 5.26 Å². The number of rotatable bonds is 4. The molecule has 0 unspecified atom stereocenters. The lowest BCUT2D eigenvalue weighted by molar-refractivity contribution is 0.112. The van der Waals surface area contributed by atoms with E-state index in [2.05, 4.69) is 0 Å². The molecule has 1 rings (SSSR count). The van der Waals surface area contributed by atoms with E-state index < -0.39 is 0 Å². The SMILES string of the molecule is CC(C#N)=CC=Cc1ccc(N(C)C)cc1C=O. The molecule has 0 spiro atoms. The normalized spacial score (nSPS) is 11.3. The van der Waals surface area contributed by atoms with Gasteiger partial charge in [0, 0.05) is 30.9 Å². The molecule has 0 saturated heterocycles. The topological polar surface area (TPSA) is 44.1 Å². The van der Waals surface area contributed by atoms with E-state index in [4.69, 9.17) is 5.26 Å². The number of hydrogen-bond donors (Lipinski definition) is 0. The Bertz CT molecular complexity index is 534. The van der Waals surface area contributed by atoms with Crippen LogP contribution in [-0.2, 0) is 0 Å². The molecule has 0 saturated carbocycles. The van der Waals surface area contributed by atoms with E-state index >= 15 is 0 Å². The van der Waals surface area contributed by atoms with E-state index in [1.807, 2.05) is 49.3 Å². The van der Waals surface area contributed by atoms with Crippen molar-refractivity contribution in [3.8, 4) is 6.07 Å². The lowest BCUT2D eigenvalue weighted by Gasteiger charge is -2.13. The van der Waals surface area contributed by atoms with Gasteiger partial charge in [-0.1, -0.05) is 18.2 Å². The van der Waals surface area contributed by atoms with Crippen molar-refractivity contribution < 1.29 is 4.79 Å². The van der Waals surface area contributed by atoms with Gasteiger partial charge < -0.3 is 4.90 Å². The number of nitrogens with zero attached hydrogens (tertiary/aromatic N) is 2. The molecule has 1 aromatic carbocycles. The van der Waals surface area contributed by atoms with Crippen molar-refractivity contribution in [2.75, 3.05) is 19.0 Å². The van der Waals surface area contributed by atoms with Crippen LogP contribution in [0, 0.1) is 11.3 Å². The van der Waals surface area contributed by atoms with E-state index in [-0.39, 0.29) is 0 Å². The Morgan fingerprint density at radius 2 is 2.06 bits per heavy atom. The highest BCUT2D eigenvalue weighted by atomic mass is 16.1. The molecule has 0 amide bonds. The second-order valence-electron chi connectivity index (χ2n) is 4.15. The first kappa shape index (κ1) is 13.7. The second-order valence-corrected chi connectivity index (χ2v) is 4.15. The zero-order valence-corrected chi connectivity index (χ0v) is 10.8. The standard InChI is InChI=1S/C15H16N2O/c1-12(10-16)5-4-6-13-7-8-15(17(2)3)9-14(13)11-18/h4-9,11H,1-3H3. The summed E-state index contributed by atoms with van der Waals surface area (Å²) in [7, 11) is 3.86. The zero-order valence-electron chi connectivity index (χ0n) is 10.8. The predicted octanol–water partition coefficient (Wildman–Crippen LogP) is 3.05. The molecule has 0 N–H and O–H groups in total. The predicted molar refractivity (Wildman–Crippen MR) is 74.6 cm³/mol. The molecule has 0 aromatic heterocycles. The fourth-order valence-electron chi connectivity index (χ4n) is 1.43. The van der Waals surface area contributed by atoms with Gasteiger partial charge in [0.05, 0.1) is 6.07 Å². The first-order chi connectivity index (χ1) is 8.58. The van der Waals surface area contributed by atoms with Crippen molar-refractivity contribution >= 4 is 18.0 Å². The maximum atomic E-state index is 11.0. The molecule has 0 fully saturated rings. The lowest BCUT2D eigenvalue weighted by atomic mass is 10.1. The summed E-state index contributed by atoms with van der Waals surface area (Å²) in [6.45, 7) is 1.74. The number of carbonyl (C=O) groups is 1. The molecular formula is C15H16N2O. The van der Waals surface area contributed by atoms with Crippen LogP contribution in [0.15, 0.2) is 35.9 Å². The summed E-state index contributed by atoms with van der Waals surface area (Å²) in [5.41, 5.74) is 3.10. The summed E-state index contributed by atoms with van der Waals surface area (Å²) in [4.78, 5) is 13.0. The number of aldehydes is 1. The van der Waals surface area contributed by atoms with Gasteiger partial charge in [0.15, 0.2) is 6.29 Å². The van der Waals surface area contributed by atoms with E-state index in [9.17, 15) is 4.79 Å². The Balaban J connectivity index is 3.04. The van der Waals surface area contributed by atoms with Crippen molar-refractivity contribution in [2.24, 2.45) is 0 Å². The van der Waals surface area contributed by atoms with Crippen molar-refractivity contribution in [2.45, 2.75) is 6.92 Å². The second kappa shape index (κ2) is 6.41. The largest absolute Gasteiger partial charge is 0.378 e. The molecule has 0 radical (unpaired) electrons. The van der Waals surface area contributed by atoms with Crippen molar-refractivity contribution in [3.63, 3.8) is 0 Å². The molecule has 0 heterocycles. The summed E-state index contributed by atoms with van der Waals surface area (Å²) in [5.74, 6) is 0. The highest BCUT2D eigenvalue weighted by Gasteiger charge is 2.01. The third-order valence-corrected chi connectivity index (χ3v) is 2.51. The minimum Gasteiger partial charge on any atom is -0.378 e. The van der Waals surface area contributed by atoms with E-state index in [0.717, 1.165) is 17.5 Å². The van der Waals surface area contributed by atoms with Crippen LogP contribution in [0.5, 0.6) is 0 Å². The monoisotopic (exact) mass is 240 g/mol. The van der Waals surface area contributed by atoms with Crippen LogP contribution >= 0.6 is 0 Å². The minimum atomic E-state index is 0.629. The molecule has 0 bridgehead atoms. The number of anilines is 1. The quantitative estimate of drug-likeness (QED) is 0.461. The number of carbonyl (C=O) groups excluding carboxylic acids is 1. The summed E-state index contributed by atoms with van der Waals surface area (Å²) in [6, 6.07) is 7.72. The number of nitriles is 1. The third kappa shape index (κ3) is 3.60. The first-order valence-corrected chi connectivity index (χ1v) is 5.60. The van der Waals surface area contributed by atoms with Crippen molar-refractivity contribution in [1.82, 2.24) is 0 Å². The molecule has 3 heteroatoms. The smallest absolute Gasteiger partial charge is 0.150 e. The van der Waals surface area contributed by atoms with Gasteiger partial charge in [0.1, 0.15) is 0 Å². The highest BCUT2D eigenvalue weighted by molar-refractivity contribution is 5.84. The molecule has 0 aliphatic heterocycles. The van der Waals surface area contributed by atoms with Crippen molar-refractivity contribution in [1.29, 1.82) is 5.26 Å². The molecule has 3 nitrogen and oxygen atoms in total. The van der Waals surface area contributed by atoms with Gasteiger partial charge in [-0.05, 0) is 30.7 Å². The fraction of sp³-hybridized carbons (Fsp3) is 0.200. The maximum absolute atomic E-state index is 11.0. The maximum Gasteiger partial charge on any atom is 0.150 e. The number of allylic oxidation sites excluding steroid dienone is 3.